The van der Waals surface area contributed by atoms with Gasteiger partial charge in [0.2, 0.25) is 5.95 Å². The standard InChI is InChI=1S/C9H10N4O5S2/c1-4-3-19-5(7(14)15)6(4)20(16,17)13-8-10-9(18-2)12-11-8/h3H,1-2H3,(H,14,15)(H2,10,11,12,13). The highest BCUT2D eigenvalue weighted by Crippen LogP contribution is 2.28. The van der Waals surface area contributed by atoms with Crippen LogP contribution in [0.2, 0.25) is 0 Å². The van der Waals surface area contributed by atoms with Crippen LogP contribution in [0.1, 0.15) is 15.2 Å². The first-order valence-electron chi connectivity index (χ1n) is 5.15. The maximum atomic E-state index is 12.2. The lowest BCUT2D eigenvalue weighted by atomic mass is 10.3. The summed E-state index contributed by atoms with van der Waals surface area (Å²) in [4.78, 5) is 14.2. The van der Waals surface area contributed by atoms with Gasteiger partial charge in [0.05, 0.1) is 7.11 Å². The lowest BCUT2D eigenvalue weighted by molar-refractivity contribution is 0.0698. The second kappa shape index (κ2) is 5.09. The Labute approximate surface area is 117 Å². The number of sulfonamides is 1. The molecular formula is C9H10N4O5S2. The van der Waals surface area contributed by atoms with Crippen LogP contribution < -0.4 is 9.46 Å². The first kappa shape index (κ1) is 14.3. The largest absolute Gasteiger partial charge is 0.477 e. The molecule has 9 nitrogen and oxygen atoms in total. The van der Waals surface area contributed by atoms with Crippen molar-refractivity contribution in [2.24, 2.45) is 0 Å². The van der Waals surface area contributed by atoms with Crippen LogP contribution in [-0.4, -0.2) is 41.8 Å². The molecule has 20 heavy (non-hydrogen) atoms. The Hall–Kier alpha value is -2.14. The molecule has 2 aromatic heterocycles. The molecule has 0 saturated carbocycles. The topological polar surface area (TPSA) is 134 Å². The average Bonchev–Trinajstić information content (AvgIpc) is 2.95. The quantitative estimate of drug-likeness (QED) is 0.738. The van der Waals surface area contributed by atoms with Gasteiger partial charge in [0.1, 0.15) is 9.77 Å². The number of rotatable bonds is 5. The number of carbonyl (C=O) groups is 1. The van der Waals surface area contributed by atoms with Crippen molar-refractivity contribution in [1.29, 1.82) is 0 Å². The highest BCUT2D eigenvalue weighted by molar-refractivity contribution is 7.93. The summed E-state index contributed by atoms with van der Waals surface area (Å²) in [5, 5.41) is 16.4. The Balaban J connectivity index is 2.40. The Kier molecular flexibility index (Phi) is 3.63. The first-order chi connectivity index (χ1) is 9.35. The number of methoxy groups -OCH3 is 1. The van der Waals surface area contributed by atoms with Crippen molar-refractivity contribution in [3.63, 3.8) is 0 Å². The molecule has 3 N–H and O–H groups in total. The van der Waals surface area contributed by atoms with Crippen LogP contribution in [0.4, 0.5) is 5.95 Å². The van der Waals surface area contributed by atoms with Gasteiger partial charge in [0.15, 0.2) is 0 Å². The van der Waals surface area contributed by atoms with E-state index in [-0.39, 0.29) is 21.7 Å². The van der Waals surface area contributed by atoms with Gasteiger partial charge in [-0.1, -0.05) is 0 Å². The zero-order valence-electron chi connectivity index (χ0n) is 10.4. The second-order valence-electron chi connectivity index (χ2n) is 3.66. The molecule has 0 spiro atoms. The first-order valence-corrected chi connectivity index (χ1v) is 7.52. The Morgan fingerprint density at radius 1 is 1.55 bits per heavy atom. The van der Waals surface area contributed by atoms with Gasteiger partial charge in [-0.15, -0.1) is 16.4 Å². The van der Waals surface area contributed by atoms with E-state index in [1.54, 1.807) is 0 Å². The molecule has 2 heterocycles. The van der Waals surface area contributed by atoms with E-state index in [9.17, 15) is 13.2 Å². The molecule has 2 aromatic rings. The SMILES string of the molecule is COc1n[nH]c(NS(=O)(=O)c2c(C)csc2C(=O)O)n1. The molecule has 0 saturated heterocycles. The maximum absolute atomic E-state index is 12.2. The third kappa shape index (κ3) is 2.58. The number of anilines is 1. The van der Waals surface area contributed by atoms with Crippen molar-refractivity contribution in [2.45, 2.75) is 11.8 Å². The number of aromatic amines is 1. The minimum absolute atomic E-state index is 0.0387. The monoisotopic (exact) mass is 318 g/mol. The number of thiophene rings is 1. The number of hydrogen-bond donors (Lipinski definition) is 3. The van der Waals surface area contributed by atoms with Gasteiger partial charge in [-0.25, -0.2) is 23.0 Å². The number of nitrogens with one attached hydrogen (secondary N) is 2. The van der Waals surface area contributed by atoms with Gasteiger partial charge in [-0.3, -0.25) is 0 Å². The molecule has 0 bridgehead atoms. The van der Waals surface area contributed by atoms with E-state index in [4.69, 9.17) is 9.84 Å². The summed E-state index contributed by atoms with van der Waals surface area (Å²) >= 11 is 0.842. The van der Waals surface area contributed by atoms with E-state index in [0.29, 0.717) is 5.56 Å². The van der Waals surface area contributed by atoms with Crippen LogP contribution in [0.5, 0.6) is 6.01 Å². The summed E-state index contributed by atoms with van der Waals surface area (Å²) in [6.45, 7) is 1.51. The third-order valence-electron chi connectivity index (χ3n) is 2.26. The summed E-state index contributed by atoms with van der Waals surface area (Å²) in [5.74, 6) is -1.47. The molecule has 2 rings (SSSR count). The number of hydrogen-bond acceptors (Lipinski definition) is 7. The van der Waals surface area contributed by atoms with E-state index in [2.05, 4.69) is 19.9 Å². The van der Waals surface area contributed by atoms with Crippen molar-refractivity contribution in [1.82, 2.24) is 15.2 Å². The molecule has 0 amide bonds. The van der Waals surface area contributed by atoms with Gasteiger partial charge in [-0.2, -0.15) is 4.98 Å². The van der Waals surface area contributed by atoms with Crippen molar-refractivity contribution >= 4 is 33.3 Å². The number of ether oxygens (including phenoxy) is 1. The van der Waals surface area contributed by atoms with Crippen LogP contribution in [0, 0.1) is 6.92 Å². The smallest absolute Gasteiger partial charge is 0.347 e. The second-order valence-corrected chi connectivity index (χ2v) is 6.16. The number of carboxylic acids is 1. The van der Waals surface area contributed by atoms with Crippen LogP contribution in [-0.2, 0) is 10.0 Å². The van der Waals surface area contributed by atoms with Gasteiger partial charge < -0.3 is 9.84 Å². The van der Waals surface area contributed by atoms with Crippen LogP contribution in [0.3, 0.4) is 0 Å². The van der Waals surface area contributed by atoms with E-state index in [0.717, 1.165) is 11.3 Å². The summed E-state index contributed by atoms with van der Waals surface area (Å²) in [7, 11) is -2.75. The molecule has 0 unspecified atom stereocenters. The van der Waals surface area contributed by atoms with Crippen LogP contribution in [0.25, 0.3) is 0 Å². The number of nitrogens with zero attached hydrogens (tertiary/aromatic N) is 2. The van der Waals surface area contributed by atoms with E-state index in [1.807, 2.05) is 0 Å². The lowest BCUT2D eigenvalue weighted by Gasteiger charge is -2.05. The number of carboxylic acid groups (broad SMARTS) is 1. The van der Waals surface area contributed by atoms with E-state index < -0.39 is 16.0 Å². The number of H-pyrrole nitrogens is 1. The lowest BCUT2D eigenvalue weighted by Crippen LogP contribution is -2.17. The van der Waals surface area contributed by atoms with Crippen molar-refractivity contribution in [2.75, 3.05) is 11.8 Å². The summed E-state index contributed by atoms with van der Waals surface area (Å²) in [5.41, 5.74) is 0.339. The minimum Gasteiger partial charge on any atom is -0.477 e. The normalized spacial score (nSPS) is 11.3. The number of aryl methyl sites for hydroxylation is 1. The number of aromatic carboxylic acids is 1. The summed E-state index contributed by atoms with van der Waals surface area (Å²) in [6.07, 6.45) is 0. The molecule has 0 fully saturated rings. The van der Waals surface area contributed by atoms with Crippen molar-refractivity contribution < 1.29 is 23.1 Å². The Morgan fingerprint density at radius 3 is 2.80 bits per heavy atom. The molecule has 0 aliphatic rings. The molecule has 0 atom stereocenters. The van der Waals surface area contributed by atoms with Gasteiger partial charge in [-0.05, 0) is 17.9 Å². The molecule has 0 aromatic carbocycles. The number of aromatic nitrogens is 3. The van der Waals surface area contributed by atoms with Crippen molar-refractivity contribution in [3.05, 3.63) is 15.8 Å². The highest BCUT2D eigenvalue weighted by Gasteiger charge is 2.27. The Bertz CT molecular complexity index is 748. The van der Waals surface area contributed by atoms with E-state index in [1.165, 1.54) is 19.4 Å². The predicted octanol–water partition coefficient (Wildman–Crippen LogP) is 0.682. The highest BCUT2D eigenvalue weighted by atomic mass is 32.2. The molecular weight excluding hydrogens is 308 g/mol. The average molecular weight is 318 g/mol. The Morgan fingerprint density at radius 2 is 2.25 bits per heavy atom. The maximum Gasteiger partial charge on any atom is 0.347 e. The fourth-order valence-corrected chi connectivity index (χ4v) is 4.07. The fourth-order valence-electron chi connectivity index (χ4n) is 1.48. The van der Waals surface area contributed by atoms with Crippen LogP contribution >= 0.6 is 11.3 Å². The molecule has 0 aliphatic heterocycles. The molecule has 11 heteroatoms. The predicted molar refractivity (Wildman–Crippen MR) is 69.8 cm³/mol. The molecule has 108 valence electrons. The third-order valence-corrected chi connectivity index (χ3v) is 5.00. The van der Waals surface area contributed by atoms with Crippen LogP contribution in [0.15, 0.2) is 10.3 Å². The van der Waals surface area contributed by atoms with E-state index >= 15 is 0 Å². The zero-order valence-corrected chi connectivity index (χ0v) is 12.0. The summed E-state index contributed by atoms with van der Waals surface area (Å²) in [6, 6.07) is -0.0387. The van der Waals surface area contributed by atoms with Gasteiger partial charge in [0.25, 0.3) is 10.0 Å². The summed E-state index contributed by atoms with van der Waals surface area (Å²) < 4.78 is 31.2. The fraction of sp³-hybridized carbons (Fsp3) is 0.222. The minimum atomic E-state index is -4.08. The zero-order chi connectivity index (χ0) is 14.9. The van der Waals surface area contributed by atoms with Gasteiger partial charge in [0, 0.05) is 0 Å². The molecule has 0 aliphatic carbocycles. The van der Waals surface area contributed by atoms with Crippen molar-refractivity contribution in [3.8, 4) is 6.01 Å². The molecule has 0 radical (unpaired) electrons. The van der Waals surface area contributed by atoms with Gasteiger partial charge >= 0.3 is 12.0 Å².